The number of nitriles is 2. The van der Waals surface area contributed by atoms with Crippen LogP contribution in [0.4, 0.5) is 0 Å². The van der Waals surface area contributed by atoms with E-state index in [9.17, 15) is 10.5 Å². The van der Waals surface area contributed by atoms with Gasteiger partial charge in [-0.2, -0.15) is 10.5 Å². The van der Waals surface area contributed by atoms with Crippen LogP contribution in [0.1, 0.15) is 64.5 Å². The summed E-state index contributed by atoms with van der Waals surface area (Å²) in [5, 5.41) is 20.1. The van der Waals surface area contributed by atoms with Crippen molar-refractivity contribution in [3.05, 3.63) is 23.3 Å². The highest BCUT2D eigenvalue weighted by atomic mass is 32.2. The molecule has 0 aromatic heterocycles. The largest absolute Gasteiger partial charge is 0.192 e. The third-order valence-corrected chi connectivity index (χ3v) is 6.95. The Balaban J connectivity index is 3.20. The molecule has 0 aliphatic heterocycles. The molecule has 0 heterocycles. The number of thioether (sulfide) groups is 2. The van der Waals surface area contributed by atoms with Crippen LogP contribution in [0.5, 0.6) is 0 Å². The molecular weight excluding hydrogens is 308 g/mol. The second-order valence-electron chi connectivity index (χ2n) is 5.15. The summed E-state index contributed by atoms with van der Waals surface area (Å²) < 4.78 is 0. The van der Waals surface area contributed by atoms with Gasteiger partial charge in [-0.25, -0.2) is 0 Å². The van der Waals surface area contributed by atoms with Gasteiger partial charge < -0.3 is 0 Å². The van der Waals surface area contributed by atoms with Gasteiger partial charge in [-0.15, -0.1) is 23.5 Å². The van der Waals surface area contributed by atoms with E-state index in [1.807, 2.05) is 12.1 Å². The van der Waals surface area contributed by atoms with Gasteiger partial charge in [0.1, 0.15) is 12.1 Å². The van der Waals surface area contributed by atoms with Crippen molar-refractivity contribution in [2.24, 2.45) is 0 Å². The summed E-state index contributed by atoms with van der Waals surface area (Å²) in [6.07, 6.45) is 4.27. The fourth-order valence-electron chi connectivity index (χ4n) is 2.25. The summed E-state index contributed by atoms with van der Waals surface area (Å²) in [4.78, 5) is 1.89. The van der Waals surface area contributed by atoms with Crippen LogP contribution in [-0.2, 0) is 0 Å². The average Bonchev–Trinajstić information content (AvgIpc) is 2.57. The Hall–Kier alpha value is -1.10. The van der Waals surface area contributed by atoms with Crippen molar-refractivity contribution >= 4 is 23.5 Å². The standard InChI is InChI=1S/C18H24N2S2/c1-5-13(6-2)21-17-9-10-18(22-14(7-3)8-4)16(12-20)15(17)11-19/h9-10,13-14H,5-8H2,1-4H3. The van der Waals surface area contributed by atoms with Crippen molar-refractivity contribution in [1.29, 1.82) is 10.5 Å². The van der Waals surface area contributed by atoms with E-state index < -0.39 is 0 Å². The highest BCUT2D eigenvalue weighted by molar-refractivity contribution is 8.00. The molecule has 0 radical (unpaired) electrons. The lowest BCUT2D eigenvalue weighted by atomic mass is 10.1. The topological polar surface area (TPSA) is 47.6 Å². The molecule has 0 aliphatic carbocycles. The molecule has 1 aromatic rings. The summed E-state index contributed by atoms with van der Waals surface area (Å²) in [6, 6.07) is 8.57. The number of rotatable bonds is 8. The highest BCUT2D eigenvalue weighted by Crippen LogP contribution is 2.37. The van der Waals surface area contributed by atoms with E-state index in [0.717, 1.165) is 35.5 Å². The van der Waals surface area contributed by atoms with Gasteiger partial charge in [-0.1, -0.05) is 27.7 Å². The maximum Gasteiger partial charge on any atom is 0.102 e. The van der Waals surface area contributed by atoms with Crippen molar-refractivity contribution in [1.82, 2.24) is 0 Å². The normalized spacial score (nSPS) is 10.7. The summed E-state index contributed by atoms with van der Waals surface area (Å²) >= 11 is 3.45. The zero-order chi connectivity index (χ0) is 16.5. The fraction of sp³-hybridized carbons (Fsp3) is 0.556. The van der Waals surface area contributed by atoms with Gasteiger partial charge in [0.25, 0.3) is 0 Å². The third-order valence-electron chi connectivity index (χ3n) is 3.76. The second-order valence-corrected chi connectivity index (χ2v) is 7.83. The Labute approximate surface area is 143 Å². The van der Waals surface area contributed by atoms with Gasteiger partial charge in [0.05, 0.1) is 11.1 Å². The van der Waals surface area contributed by atoms with Crippen LogP contribution in [-0.4, -0.2) is 10.5 Å². The van der Waals surface area contributed by atoms with E-state index in [2.05, 4.69) is 39.8 Å². The number of hydrogen-bond donors (Lipinski definition) is 0. The molecule has 0 aliphatic rings. The van der Waals surface area contributed by atoms with E-state index in [1.54, 1.807) is 23.5 Å². The molecule has 0 fully saturated rings. The van der Waals surface area contributed by atoms with Crippen LogP contribution in [0.25, 0.3) is 0 Å². The Bertz CT molecular complexity index is 511. The third kappa shape index (κ3) is 4.70. The highest BCUT2D eigenvalue weighted by Gasteiger charge is 2.18. The zero-order valence-electron chi connectivity index (χ0n) is 13.8. The van der Waals surface area contributed by atoms with Crippen LogP contribution in [0.15, 0.2) is 21.9 Å². The quantitative estimate of drug-likeness (QED) is 0.548. The molecule has 0 N–H and O–H groups in total. The maximum atomic E-state index is 9.54. The van der Waals surface area contributed by atoms with E-state index in [-0.39, 0.29) is 0 Å². The first-order chi connectivity index (χ1) is 10.6. The van der Waals surface area contributed by atoms with Crippen molar-refractivity contribution in [2.45, 2.75) is 73.7 Å². The molecule has 0 saturated carbocycles. The van der Waals surface area contributed by atoms with Crippen molar-refractivity contribution in [2.75, 3.05) is 0 Å². The average molecular weight is 333 g/mol. The van der Waals surface area contributed by atoms with E-state index in [1.165, 1.54) is 0 Å². The van der Waals surface area contributed by atoms with Crippen molar-refractivity contribution in [3.8, 4) is 12.1 Å². The molecule has 1 rings (SSSR count). The Morgan fingerprint density at radius 1 is 0.773 bits per heavy atom. The summed E-state index contributed by atoms with van der Waals surface area (Å²) in [5.74, 6) is 0. The van der Waals surface area contributed by atoms with Crippen molar-refractivity contribution < 1.29 is 0 Å². The summed E-state index contributed by atoms with van der Waals surface area (Å²) in [5.41, 5.74) is 1.10. The lowest BCUT2D eigenvalue weighted by molar-refractivity contribution is 0.791. The van der Waals surface area contributed by atoms with Gasteiger partial charge in [0, 0.05) is 20.3 Å². The van der Waals surface area contributed by atoms with Gasteiger partial charge in [-0.05, 0) is 37.8 Å². The minimum atomic E-state index is 0.496. The zero-order valence-corrected chi connectivity index (χ0v) is 15.5. The summed E-state index contributed by atoms with van der Waals surface area (Å²) in [6.45, 7) is 8.65. The smallest absolute Gasteiger partial charge is 0.102 e. The molecule has 0 spiro atoms. The van der Waals surface area contributed by atoms with Crippen LogP contribution < -0.4 is 0 Å². The SMILES string of the molecule is CCC(CC)Sc1ccc(SC(CC)CC)c(C#N)c1C#N. The first-order valence-corrected chi connectivity index (χ1v) is 9.71. The fourth-order valence-corrected chi connectivity index (χ4v) is 4.46. The first kappa shape index (κ1) is 18.9. The molecule has 0 bridgehead atoms. The van der Waals surface area contributed by atoms with Crippen LogP contribution >= 0.6 is 23.5 Å². The Kier molecular flexibility index (Phi) is 8.46. The number of nitrogens with zero attached hydrogens (tertiary/aromatic N) is 2. The lowest BCUT2D eigenvalue weighted by Gasteiger charge is -2.17. The van der Waals surface area contributed by atoms with Gasteiger partial charge in [0.15, 0.2) is 0 Å². The first-order valence-electron chi connectivity index (χ1n) is 7.95. The molecule has 1 aromatic carbocycles. The van der Waals surface area contributed by atoms with E-state index in [0.29, 0.717) is 21.6 Å². The van der Waals surface area contributed by atoms with Gasteiger partial charge in [-0.3, -0.25) is 0 Å². The molecule has 4 heteroatoms. The second kappa shape index (κ2) is 9.82. The van der Waals surface area contributed by atoms with Crippen LogP contribution in [0.2, 0.25) is 0 Å². The molecule has 0 atom stereocenters. The Morgan fingerprint density at radius 3 is 1.32 bits per heavy atom. The van der Waals surface area contributed by atoms with E-state index >= 15 is 0 Å². The predicted molar refractivity (Wildman–Crippen MR) is 96.3 cm³/mol. The molecule has 2 nitrogen and oxygen atoms in total. The molecule has 118 valence electrons. The number of hydrogen-bond acceptors (Lipinski definition) is 4. The monoisotopic (exact) mass is 332 g/mol. The predicted octanol–water partition coefficient (Wildman–Crippen LogP) is 5.99. The minimum absolute atomic E-state index is 0.496. The van der Waals surface area contributed by atoms with E-state index in [4.69, 9.17) is 0 Å². The molecule has 0 amide bonds. The van der Waals surface area contributed by atoms with Crippen LogP contribution in [0.3, 0.4) is 0 Å². The Morgan fingerprint density at radius 2 is 1.09 bits per heavy atom. The molecule has 0 saturated heterocycles. The van der Waals surface area contributed by atoms with Gasteiger partial charge in [0.2, 0.25) is 0 Å². The summed E-state index contributed by atoms with van der Waals surface area (Å²) in [7, 11) is 0. The lowest BCUT2D eigenvalue weighted by Crippen LogP contribution is -2.02. The molecule has 22 heavy (non-hydrogen) atoms. The number of benzene rings is 1. The van der Waals surface area contributed by atoms with Crippen LogP contribution in [0, 0.1) is 22.7 Å². The minimum Gasteiger partial charge on any atom is -0.192 e. The molecule has 0 unspecified atom stereocenters. The van der Waals surface area contributed by atoms with Crippen molar-refractivity contribution in [3.63, 3.8) is 0 Å². The maximum absolute atomic E-state index is 9.54. The van der Waals surface area contributed by atoms with Gasteiger partial charge >= 0.3 is 0 Å². The molecular formula is C18H24N2S2.